The van der Waals surface area contributed by atoms with Gasteiger partial charge in [0.25, 0.3) is 0 Å². The molecular formula is C22H30N2O3. The van der Waals surface area contributed by atoms with Crippen molar-refractivity contribution in [3.63, 3.8) is 0 Å². The van der Waals surface area contributed by atoms with Crippen LogP contribution in [0.25, 0.3) is 0 Å². The van der Waals surface area contributed by atoms with Crippen LogP contribution >= 0.6 is 0 Å². The van der Waals surface area contributed by atoms with Gasteiger partial charge in [0, 0.05) is 19.2 Å². The molecule has 0 bridgehead atoms. The Morgan fingerprint density at radius 3 is 2.85 bits per heavy atom. The number of unbranched alkanes of at least 4 members (excludes halogenated alkanes) is 1. The fourth-order valence-corrected chi connectivity index (χ4v) is 2.84. The minimum Gasteiger partial charge on any atom is -0.494 e. The van der Waals surface area contributed by atoms with E-state index in [1.165, 1.54) is 5.56 Å². The number of benzene rings is 1. The molecule has 1 N–H and O–H groups in total. The number of carbonyl (C=O) groups excluding carboxylic acids is 1. The van der Waals surface area contributed by atoms with Crippen LogP contribution in [0.5, 0.6) is 5.75 Å². The molecule has 0 radical (unpaired) electrons. The van der Waals surface area contributed by atoms with E-state index in [0.717, 1.165) is 37.4 Å². The molecule has 0 aliphatic carbocycles. The molecule has 0 saturated carbocycles. The van der Waals surface area contributed by atoms with Crippen molar-refractivity contribution >= 4 is 11.8 Å². The monoisotopic (exact) mass is 370 g/mol. The highest BCUT2D eigenvalue weighted by Gasteiger charge is 2.11. The number of hydrogen-bond acceptors (Lipinski definition) is 5. The molecule has 27 heavy (non-hydrogen) atoms. The zero-order chi connectivity index (χ0) is 19.3. The lowest BCUT2D eigenvalue weighted by Gasteiger charge is -2.12. The van der Waals surface area contributed by atoms with Gasteiger partial charge in [0.1, 0.15) is 11.6 Å². The topological polar surface area (TPSA) is 60.5 Å². The zero-order valence-corrected chi connectivity index (χ0v) is 16.3. The second-order valence-electron chi connectivity index (χ2n) is 6.66. The van der Waals surface area contributed by atoms with Gasteiger partial charge in [-0.3, -0.25) is 4.79 Å². The van der Waals surface area contributed by atoms with Crippen LogP contribution in [-0.4, -0.2) is 30.7 Å². The van der Waals surface area contributed by atoms with Crippen LogP contribution in [0.4, 0.5) is 5.82 Å². The normalized spacial score (nSPS) is 11.6. The van der Waals surface area contributed by atoms with E-state index >= 15 is 0 Å². The Labute approximate surface area is 162 Å². The highest BCUT2D eigenvalue weighted by molar-refractivity contribution is 5.69. The summed E-state index contributed by atoms with van der Waals surface area (Å²) in [4.78, 5) is 15.8. The van der Waals surface area contributed by atoms with Crippen LogP contribution in [0.3, 0.4) is 0 Å². The van der Waals surface area contributed by atoms with Gasteiger partial charge in [-0.1, -0.05) is 25.1 Å². The maximum Gasteiger partial charge on any atom is 0.306 e. The zero-order valence-electron chi connectivity index (χ0n) is 16.3. The number of hydrogen-bond donors (Lipinski definition) is 1. The number of esters is 1. The highest BCUT2D eigenvalue weighted by Crippen LogP contribution is 2.18. The summed E-state index contributed by atoms with van der Waals surface area (Å²) in [7, 11) is 0. The van der Waals surface area contributed by atoms with Gasteiger partial charge in [-0.05, 0) is 61.9 Å². The molecule has 1 unspecified atom stereocenters. The maximum absolute atomic E-state index is 11.6. The molecular weight excluding hydrogens is 340 g/mol. The largest absolute Gasteiger partial charge is 0.494 e. The molecule has 0 aliphatic heterocycles. The predicted molar refractivity (Wildman–Crippen MR) is 108 cm³/mol. The van der Waals surface area contributed by atoms with Crippen LogP contribution in [0.2, 0.25) is 0 Å². The van der Waals surface area contributed by atoms with Crippen LogP contribution in [0.15, 0.2) is 48.7 Å². The molecule has 1 atom stereocenters. The van der Waals surface area contributed by atoms with Crippen molar-refractivity contribution in [1.82, 2.24) is 4.98 Å². The molecule has 1 heterocycles. The second-order valence-corrected chi connectivity index (χ2v) is 6.66. The standard InChI is InChI=1S/C22H30N2O3/c1-3-26-22(25)16-18(2)15-19-9-8-10-20(17-19)27-14-7-6-13-24-21-11-4-5-12-23-21/h4-5,8-12,17-18H,3,6-7,13-16H2,1-2H3,(H,23,24). The van der Waals surface area contributed by atoms with Gasteiger partial charge in [0.05, 0.1) is 13.2 Å². The number of ether oxygens (including phenoxy) is 2. The van der Waals surface area contributed by atoms with E-state index in [-0.39, 0.29) is 11.9 Å². The number of nitrogens with one attached hydrogen (secondary N) is 1. The third-order valence-electron chi connectivity index (χ3n) is 4.11. The van der Waals surface area contributed by atoms with Crippen LogP contribution < -0.4 is 10.1 Å². The molecule has 0 spiro atoms. The third-order valence-corrected chi connectivity index (χ3v) is 4.11. The molecule has 2 rings (SSSR count). The fourth-order valence-electron chi connectivity index (χ4n) is 2.84. The summed E-state index contributed by atoms with van der Waals surface area (Å²) < 4.78 is 10.9. The average Bonchev–Trinajstić information content (AvgIpc) is 2.65. The van der Waals surface area contributed by atoms with Gasteiger partial charge in [0.2, 0.25) is 0 Å². The number of aromatic nitrogens is 1. The molecule has 1 aromatic heterocycles. The highest BCUT2D eigenvalue weighted by atomic mass is 16.5. The molecule has 0 aliphatic rings. The summed E-state index contributed by atoms with van der Waals surface area (Å²) >= 11 is 0. The first kappa shape index (κ1) is 20.7. The molecule has 5 nitrogen and oxygen atoms in total. The summed E-state index contributed by atoms with van der Waals surface area (Å²) in [5, 5.41) is 3.29. The molecule has 0 fully saturated rings. The van der Waals surface area contributed by atoms with Gasteiger partial charge < -0.3 is 14.8 Å². The average molecular weight is 370 g/mol. The Hall–Kier alpha value is -2.56. The summed E-state index contributed by atoms with van der Waals surface area (Å²) in [5.74, 6) is 1.91. The van der Waals surface area contributed by atoms with Crippen molar-refractivity contribution in [3.8, 4) is 5.75 Å². The van der Waals surface area contributed by atoms with Gasteiger partial charge in [-0.2, -0.15) is 0 Å². The maximum atomic E-state index is 11.6. The van der Waals surface area contributed by atoms with Crippen molar-refractivity contribution in [3.05, 3.63) is 54.2 Å². The first-order valence-electron chi connectivity index (χ1n) is 9.69. The van der Waals surface area contributed by atoms with Crippen LogP contribution in [0.1, 0.15) is 38.7 Å². The van der Waals surface area contributed by atoms with E-state index < -0.39 is 0 Å². The smallest absolute Gasteiger partial charge is 0.306 e. The van der Waals surface area contributed by atoms with E-state index in [1.807, 2.05) is 37.3 Å². The number of rotatable bonds is 12. The van der Waals surface area contributed by atoms with E-state index in [4.69, 9.17) is 9.47 Å². The van der Waals surface area contributed by atoms with Crippen molar-refractivity contribution in [2.75, 3.05) is 25.1 Å². The Morgan fingerprint density at radius 2 is 2.07 bits per heavy atom. The number of pyridine rings is 1. The predicted octanol–water partition coefficient (Wildman–Crippen LogP) is 4.48. The van der Waals surface area contributed by atoms with Crippen molar-refractivity contribution < 1.29 is 14.3 Å². The lowest BCUT2D eigenvalue weighted by molar-refractivity contribution is -0.144. The molecule has 0 saturated heterocycles. The number of nitrogens with zero attached hydrogens (tertiary/aromatic N) is 1. The fraction of sp³-hybridized carbons (Fsp3) is 0.455. The van der Waals surface area contributed by atoms with Crippen molar-refractivity contribution in [2.45, 2.75) is 39.5 Å². The van der Waals surface area contributed by atoms with Gasteiger partial charge in [-0.25, -0.2) is 4.98 Å². The first-order chi connectivity index (χ1) is 13.2. The second kappa shape index (κ2) is 11.9. The van der Waals surface area contributed by atoms with Crippen LogP contribution in [0, 0.1) is 5.92 Å². The summed E-state index contributed by atoms with van der Waals surface area (Å²) in [6.45, 7) is 5.90. The van der Waals surface area contributed by atoms with Gasteiger partial charge >= 0.3 is 5.97 Å². The van der Waals surface area contributed by atoms with E-state index in [2.05, 4.69) is 29.4 Å². The Kier molecular flexibility index (Phi) is 9.18. The summed E-state index contributed by atoms with van der Waals surface area (Å²) in [5.41, 5.74) is 1.18. The lowest BCUT2D eigenvalue weighted by atomic mass is 9.98. The Balaban J connectivity index is 1.65. The van der Waals surface area contributed by atoms with E-state index in [1.54, 1.807) is 6.20 Å². The Bertz CT molecular complexity index is 676. The first-order valence-corrected chi connectivity index (χ1v) is 9.69. The molecule has 2 aromatic rings. The SMILES string of the molecule is CCOC(=O)CC(C)Cc1cccc(OCCCCNc2ccccn2)c1. The van der Waals surface area contributed by atoms with Gasteiger partial charge in [0.15, 0.2) is 0 Å². The quantitative estimate of drug-likeness (QED) is 0.441. The summed E-state index contributed by atoms with van der Waals surface area (Å²) in [6, 6.07) is 14.0. The lowest BCUT2D eigenvalue weighted by Crippen LogP contribution is -2.11. The van der Waals surface area contributed by atoms with Crippen molar-refractivity contribution in [2.24, 2.45) is 5.92 Å². The Morgan fingerprint density at radius 1 is 1.19 bits per heavy atom. The van der Waals surface area contributed by atoms with E-state index in [9.17, 15) is 4.79 Å². The number of anilines is 1. The van der Waals surface area contributed by atoms with E-state index in [0.29, 0.717) is 19.6 Å². The number of carbonyl (C=O) groups is 1. The summed E-state index contributed by atoms with van der Waals surface area (Å²) in [6.07, 6.45) is 5.06. The molecule has 1 aromatic carbocycles. The van der Waals surface area contributed by atoms with Crippen LogP contribution in [-0.2, 0) is 16.0 Å². The minimum atomic E-state index is -0.128. The third kappa shape index (κ3) is 8.58. The minimum absolute atomic E-state index is 0.128. The molecule has 146 valence electrons. The van der Waals surface area contributed by atoms with Crippen molar-refractivity contribution in [1.29, 1.82) is 0 Å². The molecule has 0 amide bonds. The molecule has 5 heteroatoms. The van der Waals surface area contributed by atoms with Gasteiger partial charge in [-0.15, -0.1) is 0 Å².